The number of nitriles is 1. The fraction of sp³-hybridized carbons (Fsp3) is 0.960. The van der Waals surface area contributed by atoms with Crippen molar-refractivity contribution in [1.29, 1.82) is 5.26 Å². The highest BCUT2D eigenvalue weighted by molar-refractivity contribution is 5.07. The Morgan fingerprint density at radius 3 is 1.88 bits per heavy atom. The number of hydrogen-bond donors (Lipinski definition) is 0. The molecule has 0 spiro atoms. The second-order valence-corrected chi connectivity index (χ2v) is 10.4. The summed E-state index contributed by atoms with van der Waals surface area (Å²) >= 11 is 0. The minimum Gasteiger partial charge on any atom is -0.198 e. The highest BCUT2D eigenvalue weighted by Gasteiger charge is 2.52. The molecule has 0 aromatic rings. The average molecular weight is 358 g/mol. The van der Waals surface area contributed by atoms with Crippen molar-refractivity contribution in [2.45, 2.75) is 129 Å². The van der Waals surface area contributed by atoms with Crippen molar-refractivity contribution in [3.8, 4) is 6.07 Å². The fourth-order valence-corrected chi connectivity index (χ4v) is 7.06. The zero-order valence-corrected chi connectivity index (χ0v) is 17.8. The van der Waals surface area contributed by atoms with Gasteiger partial charge in [-0.15, -0.1) is 0 Å². The van der Waals surface area contributed by atoms with Gasteiger partial charge in [0.25, 0.3) is 0 Å². The molecule has 0 aliphatic heterocycles. The van der Waals surface area contributed by atoms with Gasteiger partial charge >= 0.3 is 0 Å². The van der Waals surface area contributed by atoms with Gasteiger partial charge in [0.1, 0.15) is 0 Å². The predicted octanol–water partition coefficient (Wildman–Crippen LogP) is 8.19. The molecule has 0 aromatic heterocycles. The first kappa shape index (κ1) is 20.2. The molecule has 4 aliphatic rings. The summed E-state index contributed by atoms with van der Waals surface area (Å²) < 4.78 is 0. The summed E-state index contributed by atoms with van der Waals surface area (Å²) in [6.45, 7) is 4.56. The van der Waals surface area contributed by atoms with Crippen molar-refractivity contribution < 1.29 is 0 Å². The zero-order chi connectivity index (χ0) is 18.5. The lowest BCUT2D eigenvalue weighted by Crippen LogP contribution is -2.47. The van der Waals surface area contributed by atoms with Crippen molar-refractivity contribution in [1.82, 2.24) is 0 Å². The summed E-state index contributed by atoms with van der Waals surface area (Å²) in [4.78, 5) is 0. The van der Waals surface area contributed by atoms with E-state index < -0.39 is 0 Å². The third-order valence-corrected chi connectivity index (χ3v) is 9.04. The number of unbranched alkanes of at least 4 members (excludes halogenated alkanes) is 4. The van der Waals surface area contributed by atoms with Gasteiger partial charge in [0, 0.05) is 0 Å². The van der Waals surface area contributed by atoms with Crippen LogP contribution >= 0.6 is 0 Å². The SMILES string of the molecule is CCCCCCCC12CCC(C3CCC(C#N)(CCC)CC3)(CC1)CC2. The number of nitrogens with zero attached hydrogens (tertiary/aromatic N) is 1. The Bertz CT molecular complexity index is 452. The topological polar surface area (TPSA) is 23.8 Å². The Labute approximate surface area is 163 Å². The molecule has 2 bridgehead atoms. The number of hydrogen-bond acceptors (Lipinski definition) is 1. The molecule has 0 unspecified atom stereocenters. The molecule has 0 aromatic carbocycles. The monoisotopic (exact) mass is 357 g/mol. The molecule has 26 heavy (non-hydrogen) atoms. The summed E-state index contributed by atoms with van der Waals surface area (Å²) in [7, 11) is 0. The molecule has 1 heteroatoms. The Balaban J connectivity index is 1.49. The summed E-state index contributed by atoms with van der Waals surface area (Å²) in [6.07, 6.45) is 25.2. The van der Waals surface area contributed by atoms with E-state index in [1.807, 2.05) is 0 Å². The van der Waals surface area contributed by atoms with E-state index in [2.05, 4.69) is 19.9 Å². The van der Waals surface area contributed by atoms with Crippen LogP contribution in [0.1, 0.15) is 129 Å². The van der Waals surface area contributed by atoms with Gasteiger partial charge in [-0.1, -0.05) is 52.4 Å². The van der Waals surface area contributed by atoms with Crippen LogP contribution in [0.2, 0.25) is 0 Å². The lowest BCUT2D eigenvalue weighted by atomic mass is 9.47. The Hall–Kier alpha value is -0.510. The highest BCUT2D eigenvalue weighted by Crippen LogP contribution is 2.64. The van der Waals surface area contributed by atoms with Crippen molar-refractivity contribution in [3.05, 3.63) is 0 Å². The number of rotatable bonds is 9. The molecule has 0 saturated heterocycles. The normalized spacial score (nSPS) is 39.7. The third kappa shape index (κ3) is 4.15. The van der Waals surface area contributed by atoms with E-state index in [0.717, 1.165) is 17.8 Å². The van der Waals surface area contributed by atoms with E-state index in [0.29, 0.717) is 5.41 Å². The molecule has 4 fully saturated rings. The van der Waals surface area contributed by atoms with Crippen LogP contribution in [-0.4, -0.2) is 0 Å². The van der Waals surface area contributed by atoms with Crippen LogP contribution < -0.4 is 0 Å². The Morgan fingerprint density at radius 1 is 0.731 bits per heavy atom. The number of fused-ring (bicyclic) bond motifs is 3. The maximum Gasteiger partial charge on any atom is 0.0689 e. The van der Waals surface area contributed by atoms with Gasteiger partial charge < -0.3 is 0 Å². The quantitative estimate of drug-likeness (QED) is 0.381. The maximum atomic E-state index is 9.72. The molecule has 4 saturated carbocycles. The molecule has 0 radical (unpaired) electrons. The van der Waals surface area contributed by atoms with Crippen LogP contribution in [0.4, 0.5) is 0 Å². The molecule has 1 nitrogen and oxygen atoms in total. The first-order chi connectivity index (χ1) is 12.6. The smallest absolute Gasteiger partial charge is 0.0689 e. The van der Waals surface area contributed by atoms with Crippen molar-refractivity contribution >= 4 is 0 Å². The fourth-order valence-electron chi connectivity index (χ4n) is 7.06. The van der Waals surface area contributed by atoms with E-state index in [1.54, 1.807) is 0 Å². The maximum absolute atomic E-state index is 9.72. The van der Waals surface area contributed by atoms with Crippen LogP contribution in [0.5, 0.6) is 0 Å². The van der Waals surface area contributed by atoms with E-state index >= 15 is 0 Å². The average Bonchev–Trinajstić information content (AvgIpc) is 2.70. The second-order valence-electron chi connectivity index (χ2n) is 10.4. The van der Waals surface area contributed by atoms with Crippen molar-refractivity contribution in [3.63, 3.8) is 0 Å². The van der Waals surface area contributed by atoms with Crippen LogP contribution in [0.3, 0.4) is 0 Å². The molecule has 0 N–H and O–H groups in total. The highest BCUT2D eigenvalue weighted by atomic mass is 14.6. The van der Waals surface area contributed by atoms with E-state index in [9.17, 15) is 5.26 Å². The molecular weight excluding hydrogens is 314 g/mol. The lowest BCUT2D eigenvalue weighted by Gasteiger charge is -2.58. The lowest BCUT2D eigenvalue weighted by molar-refractivity contribution is -0.0689. The molecular formula is C25H43N. The van der Waals surface area contributed by atoms with Crippen molar-refractivity contribution in [2.24, 2.45) is 22.2 Å². The third-order valence-electron chi connectivity index (χ3n) is 9.04. The van der Waals surface area contributed by atoms with Gasteiger partial charge in [0.15, 0.2) is 0 Å². The first-order valence-corrected chi connectivity index (χ1v) is 12.0. The van der Waals surface area contributed by atoms with E-state index in [-0.39, 0.29) is 5.41 Å². The van der Waals surface area contributed by atoms with Crippen LogP contribution in [0.25, 0.3) is 0 Å². The Morgan fingerprint density at radius 2 is 1.35 bits per heavy atom. The minimum atomic E-state index is 0.0352. The largest absolute Gasteiger partial charge is 0.198 e. The molecule has 0 amide bonds. The first-order valence-electron chi connectivity index (χ1n) is 12.0. The van der Waals surface area contributed by atoms with Crippen LogP contribution in [-0.2, 0) is 0 Å². The molecule has 4 rings (SSSR count). The summed E-state index contributed by atoms with van der Waals surface area (Å²) in [5.74, 6) is 0.934. The van der Waals surface area contributed by atoms with Gasteiger partial charge in [-0.05, 0) is 93.8 Å². The van der Waals surface area contributed by atoms with Gasteiger partial charge in [-0.2, -0.15) is 5.26 Å². The van der Waals surface area contributed by atoms with E-state index in [4.69, 9.17) is 0 Å². The van der Waals surface area contributed by atoms with Gasteiger partial charge in [-0.3, -0.25) is 0 Å². The minimum absolute atomic E-state index is 0.0352. The second kappa shape index (κ2) is 8.67. The van der Waals surface area contributed by atoms with Gasteiger partial charge in [0.2, 0.25) is 0 Å². The summed E-state index contributed by atoms with van der Waals surface area (Å²) in [6, 6.07) is 2.73. The Kier molecular flexibility index (Phi) is 6.74. The van der Waals surface area contributed by atoms with Gasteiger partial charge in [-0.25, -0.2) is 0 Å². The van der Waals surface area contributed by atoms with Crippen molar-refractivity contribution in [2.75, 3.05) is 0 Å². The molecule has 4 aliphatic carbocycles. The van der Waals surface area contributed by atoms with E-state index in [1.165, 1.54) is 109 Å². The zero-order valence-electron chi connectivity index (χ0n) is 17.8. The molecule has 148 valence electrons. The standard InChI is InChI=1S/C25H43N/c1-3-5-6-7-8-12-23-15-18-25(19-16-23,20-17-23)22-9-13-24(21-26,11-4-2)14-10-22/h22H,3-20H2,1-2H3. The molecule has 0 atom stereocenters. The van der Waals surface area contributed by atoms with Gasteiger partial charge in [0.05, 0.1) is 11.5 Å². The predicted molar refractivity (Wildman–Crippen MR) is 111 cm³/mol. The molecule has 0 heterocycles. The summed E-state index contributed by atoms with van der Waals surface area (Å²) in [5, 5.41) is 9.72. The van der Waals surface area contributed by atoms with Crippen LogP contribution in [0.15, 0.2) is 0 Å². The van der Waals surface area contributed by atoms with Crippen LogP contribution in [0, 0.1) is 33.5 Å². The summed E-state index contributed by atoms with van der Waals surface area (Å²) in [5.41, 5.74) is 1.45.